The van der Waals surface area contributed by atoms with E-state index >= 15 is 0 Å². The van der Waals surface area contributed by atoms with Crippen molar-refractivity contribution < 1.29 is 9.53 Å². The van der Waals surface area contributed by atoms with Crippen molar-refractivity contribution in [2.24, 2.45) is 0 Å². The molecule has 0 aromatic heterocycles. The fourth-order valence-electron chi connectivity index (χ4n) is 3.53. The van der Waals surface area contributed by atoms with Crippen LogP contribution in [0.1, 0.15) is 53.4 Å². The van der Waals surface area contributed by atoms with Crippen LogP contribution in [0.3, 0.4) is 0 Å². The van der Waals surface area contributed by atoms with Crippen molar-refractivity contribution in [2.75, 3.05) is 39.3 Å². The predicted octanol–water partition coefficient (Wildman–Crippen LogP) is 2.53. The van der Waals surface area contributed by atoms with E-state index in [0.717, 1.165) is 45.6 Å². The first-order valence-corrected chi connectivity index (χ1v) is 8.24. The lowest BCUT2D eigenvalue weighted by Gasteiger charge is -2.42. The normalized spacial score (nSPS) is 24.6. The van der Waals surface area contributed by atoms with Gasteiger partial charge < -0.3 is 9.64 Å². The van der Waals surface area contributed by atoms with Crippen LogP contribution in [0.2, 0.25) is 0 Å². The Morgan fingerprint density at radius 3 is 2.40 bits per heavy atom. The molecular formula is C16H32N2O2. The molecule has 1 saturated heterocycles. The molecule has 0 aliphatic carbocycles. The molecule has 1 aliphatic rings. The number of nitrogens with zero attached hydrogens (tertiary/aromatic N) is 2. The molecule has 4 nitrogen and oxygen atoms in total. The second kappa shape index (κ2) is 8.63. The number of carbonyl (C=O) groups is 1. The summed E-state index contributed by atoms with van der Waals surface area (Å²) in [6, 6.07) is 0. The Balaban J connectivity index is 2.85. The summed E-state index contributed by atoms with van der Waals surface area (Å²) in [4.78, 5) is 17.0. The molecule has 118 valence electrons. The van der Waals surface area contributed by atoms with Crippen LogP contribution in [0.15, 0.2) is 0 Å². The highest BCUT2D eigenvalue weighted by molar-refractivity contribution is 5.71. The van der Waals surface area contributed by atoms with Crippen LogP contribution in [-0.4, -0.2) is 60.6 Å². The van der Waals surface area contributed by atoms with E-state index in [0.29, 0.717) is 13.0 Å². The highest BCUT2D eigenvalue weighted by atomic mass is 16.5. The number of carbonyl (C=O) groups excluding carboxylic acids is 1. The van der Waals surface area contributed by atoms with Crippen LogP contribution in [0.4, 0.5) is 0 Å². The summed E-state index contributed by atoms with van der Waals surface area (Å²) in [5.41, 5.74) is -0.000324. The van der Waals surface area contributed by atoms with Gasteiger partial charge in [0, 0.05) is 5.54 Å². The molecule has 0 amide bonds. The average molecular weight is 284 g/mol. The first kappa shape index (κ1) is 17.4. The summed E-state index contributed by atoms with van der Waals surface area (Å²) in [7, 11) is 0. The van der Waals surface area contributed by atoms with Gasteiger partial charge in [0.2, 0.25) is 0 Å². The zero-order valence-corrected chi connectivity index (χ0v) is 13.8. The standard InChI is InChI=1S/C16H32N2O2/c1-5-17-12-9-10-16(11-13-17,18(6-2)7-3)14-15(19)20-8-4/h5-14H2,1-4H3. The molecule has 1 fully saturated rings. The van der Waals surface area contributed by atoms with Gasteiger partial charge in [-0.15, -0.1) is 0 Å². The molecule has 0 bridgehead atoms. The first-order valence-electron chi connectivity index (χ1n) is 8.24. The van der Waals surface area contributed by atoms with Crippen LogP contribution in [0, 0.1) is 0 Å². The van der Waals surface area contributed by atoms with Crippen molar-refractivity contribution in [3.8, 4) is 0 Å². The van der Waals surface area contributed by atoms with Gasteiger partial charge in [0.1, 0.15) is 0 Å². The van der Waals surface area contributed by atoms with Crippen molar-refractivity contribution in [2.45, 2.75) is 58.9 Å². The van der Waals surface area contributed by atoms with Crippen molar-refractivity contribution in [3.05, 3.63) is 0 Å². The summed E-state index contributed by atoms with van der Waals surface area (Å²) >= 11 is 0. The smallest absolute Gasteiger partial charge is 0.307 e. The summed E-state index contributed by atoms with van der Waals surface area (Å²) < 4.78 is 5.22. The number of likely N-dealkylation sites (tertiary alicyclic amines) is 1. The Morgan fingerprint density at radius 1 is 1.15 bits per heavy atom. The van der Waals surface area contributed by atoms with Crippen molar-refractivity contribution in [1.82, 2.24) is 9.80 Å². The van der Waals surface area contributed by atoms with Crippen LogP contribution >= 0.6 is 0 Å². The fraction of sp³-hybridized carbons (Fsp3) is 0.938. The predicted molar refractivity (Wildman–Crippen MR) is 82.9 cm³/mol. The van der Waals surface area contributed by atoms with Gasteiger partial charge in [0.05, 0.1) is 13.0 Å². The molecule has 0 saturated carbocycles. The van der Waals surface area contributed by atoms with E-state index < -0.39 is 0 Å². The van der Waals surface area contributed by atoms with Gasteiger partial charge in [0.25, 0.3) is 0 Å². The summed E-state index contributed by atoms with van der Waals surface area (Å²) in [6.07, 6.45) is 3.88. The minimum Gasteiger partial charge on any atom is -0.466 e. The maximum atomic E-state index is 12.1. The highest BCUT2D eigenvalue weighted by Gasteiger charge is 2.39. The van der Waals surface area contributed by atoms with E-state index in [4.69, 9.17) is 4.74 Å². The Labute approximate surface area is 124 Å². The molecule has 0 spiro atoms. The lowest BCUT2D eigenvalue weighted by molar-refractivity contribution is -0.147. The minimum atomic E-state index is -0.0376. The fourth-order valence-corrected chi connectivity index (χ4v) is 3.53. The first-order chi connectivity index (χ1) is 9.61. The second-order valence-corrected chi connectivity index (χ2v) is 5.67. The maximum absolute atomic E-state index is 12.1. The third-order valence-electron chi connectivity index (χ3n) is 4.67. The van der Waals surface area contributed by atoms with Gasteiger partial charge in [-0.3, -0.25) is 9.69 Å². The SMILES string of the molecule is CCOC(=O)CC1(N(CC)CC)CCCN(CC)CC1. The molecule has 1 rings (SSSR count). The molecule has 0 N–H and O–H groups in total. The van der Waals surface area contributed by atoms with Gasteiger partial charge in [-0.1, -0.05) is 20.8 Å². The van der Waals surface area contributed by atoms with Crippen LogP contribution < -0.4 is 0 Å². The molecule has 20 heavy (non-hydrogen) atoms. The van der Waals surface area contributed by atoms with E-state index in [1.165, 1.54) is 6.42 Å². The number of rotatable bonds is 7. The van der Waals surface area contributed by atoms with E-state index in [1.807, 2.05) is 6.92 Å². The molecule has 0 aromatic carbocycles. The molecule has 1 heterocycles. The highest BCUT2D eigenvalue weighted by Crippen LogP contribution is 2.32. The largest absolute Gasteiger partial charge is 0.466 e. The lowest BCUT2D eigenvalue weighted by Crippen LogP contribution is -2.50. The number of hydrogen-bond acceptors (Lipinski definition) is 4. The average Bonchev–Trinajstić information content (AvgIpc) is 2.63. The molecule has 0 aromatic rings. The van der Waals surface area contributed by atoms with Crippen molar-refractivity contribution in [1.29, 1.82) is 0 Å². The van der Waals surface area contributed by atoms with E-state index in [2.05, 4.69) is 30.6 Å². The molecule has 0 radical (unpaired) electrons. The minimum absolute atomic E-state index is 0.000324. The molecule has 1 aliphatic heterocycles. The Hall–Kier alpha value is -0.610. The third kappa shape index (κ3) is 4.45. The van der Waals surface area contributed by atoms with Gasteiger partial charge in [0.15, 0.2) is 0 Å². The van der Waals surface area contributed by atoms with Crippen LogP contribution in [0.25, 0.3) is 0 Å². The Kier molecular flexibility index (Phi) is 7.52. The summed E-state index contributed by atoms with van der Waals surface area (Å²) in [5, 5.41) is 0. The molecular weight excluding hydrogens is 252 g/mol. The topological polar surface area (TPSA) is 32.8 Å². The van der Waals surface area contributed by atoms with Crippen LogP contribution in [-0.2, 0) is 9.53 Å². The molecule has 4 heteroatoms. The van der Waals surface area contributed by atoms with Gasteiger partial charge >= 0.3 is 5.97 Å². The lowest BCUT2D eigenvalue weighted by atomic mass is 9.85. The summed E-state index contributed by atoms with van der Waals surface area (Å²) in [5.74, 6) is -0.0376. The Morgan fingerprint density at radius 2 is 1.85 bits per heavy atom. The Bertz CT molecular complexity index is 292. The van der Waals surface area contributed by atoms with Crippen molar-refractivity contribution >= 4 is 5.97 Å². The monoisotopic (exact) mass is 284 g/mol. The molecule has 1 atom stereocenters. The van der Waals surface area contributed by atoms with E-state index in [1.54, 1.807) is 0 Å². The summed E-state index contributed by atoms with van der Waals surface area (Å²) in [6.45, 7) is 14.3. The quantitative estimate of drug-likeness (QED) is 0.673. The van der Waals surface area contributed by atoms with Crippen molar-refractivity contribution in [3.63, 3.8) is 0 Å². The van der Waals surface area contributed by atoms with E-state index in [9.17, 15) is 4.79 Å². The third-order valence-corrected chi connectivity index (χ3v) is 4.67. The molecule has 1 unspecified atom stereocenters. The second-order valence-electron chi connectivity index (χ2n) is 5.67. The number of hydrogen-bond donors (Lipinski definition) is 0. The van der Waals surface area contributed by atoms with Gasteiger partial charge in [-0.2, -0.15) is 0 Å². The zero-order chi connectivity index (χ0) is 15.0. The maximum Gasteiger partial charge on any atom is 0.307 e. The van der Waals surface area contributed by atoms with Crippen LogP contribution in [0.5, 0.6) is 0 Å². The van der Waals surface area contributed by atoms with Gasteiger partial charge in [-0.25, -0.2) is 0 Å². The van der Waals surface area contributed by atoms with E-state index in [-0.39, 0.29) is 11.5 Å². The zero-order valence-electron chi connectivity index (χ0n) is 13.8. The number of ether oxygens (including phenoxy) is 1. The van der Waals surface area contributed by atoms with Gasteiger partial charge in [-0.05, 0) is 58.9 Å². The number of esters is 1.